The Hall–Kier alpha value is -0.460. The van der Waals surface area contributed by atoms with Gasteiger partial charge in [0.05, 0.1) is 10.1 Å². The van der Waals surface area contributed by atoms with Gasteiger partial charge >= 0.3 is 0 Å². The fourth-order valence-electron chi connectivity index (χ4n) is 2.41. The zero-order valence-electron chi connectivity index (χ0n) is 14.2. The molecule has 0 amide bonds. The number of nitrogens with zero attached hydrogens (tertiary/aromatic N) is 1. The van der Waals surface area contributed by atoms with Crippen LogP contribution in [0.3, 0.4) is 0 Å². The number of aliphatic hydroxyl groups excluding tert-OH is 1. The molecule has 22 heavy (non-hydrogen) atoms. The zero-order valence-corrected chi connectivity index (χ0v) is 15.0. The second-order valence-electron chi connectivity index (χ2n) is 6.09. The molecule has 134 valence electrons. The van der Waals surface area contributed by atoms with E-state index in [1.165, 1.54) is 38.5 Å². The molecule has 0 fully saturated rings. The summed E-state index contributed by atoms with van der Waals surface area (Å²) in [6, 6.07) is 0. The monoisotopic (exact) mass is 337 g/mol. The van der Waals surface area contributed by atoms with Crippen LogP contribution in [-0.2, 0) is 10.1 Å². The summed E-state index contributed by atoms with van der Waals surface area (Å²) in [6.45, 7) is 2.77. The Morgan fingerprint density at radius 2 is 1.73 bits per heavy atom. The van der Waals surface area contributed by atoms with Gasteiger partial charge in [-0.15, -0.1) is 0 Å². The van der Waals surface area contributed by atoms with Crippen molar-refractivity contribution >= 4 is 16.3 Å². The third-order valence-electron chi connectivity index (χ3n) is 3.68. The molecule has 0 radical (unpaired) electrons. The Kier molecular flexibility index (Phi) is 12.8. The van der Waals surface area contributed by atoms with Crippen LogP contribution in [-0.4, -0.2) is 54.3 Å². The molecule has 1 N–H and O–H groups in total. The van der Waals surface area contributed by atoms with E-state index in [2.05, 4.69) is 6.92 Å². The summed E-state index contributed by atoms with van der Waals surface area (Å²) in [5.74, 6) is -0.322. The molecular weight excluding hydrogens is 302 g/mol. The van der Waals surface area contributed by atoms with Crippen LogP contribution < -0.4 is 0 Å². The van der Waals surface area contributed by atoms with E-state index in [4.69, 9.17) is 0 Å². The van der Waals surface area contributed by atoms with Crippen molar-refractivity contribution in [3.8, 4) is 0 Å². The van der Waals surface area contributed by atoms with E-state index in [-0.39, 0.29) is 13.3 Å². The predicted octanol–water partition coefficient (Wildman–Crippen LogP) is 2.77. The predicted molar refractivity (Wildman–Crippen MR) is 91.6 cm³/mol. The van der Waals surface area contributed by atoms with Crippen molar-refractivity contribution in [2.75, 3.05) is 19.3 Å². The average molecular weight is 338 g/mol. The van der Waals surface area contributed by atoms with Gasteiger partial charge in [0.2, 0.25) is 0 Å². The molecule has 0 saturated heterocycles. The van der Waals surface area contributed by atoms with Crippen LogP contribution in [0, 0.1) is 0 Å². The van der Waals surface area contributed by atoms with Crippen LogP contribution in [0.2, 0.25) is 0 Å². The number of hydrogen-bond acceptors (Lipinski definition) is 4. The summed E-state index contributed by atoms with van der Waals surface area (Å²) in [5.41, 5.74) is 0. The first-order chi connectivity index (χ1) is 10.3. The largest absolute Gasteiger partial charge is 0.748 e. The quantitative estimate of drug-likeness (QED) is 0.229. The molecule has 1 unspecified atom stereocenters. The summed E-state index contributed by atoms with van der Waals surface area (Å²) < 4.78 is 33.3. The second-order valence-corrected chi connectivity index (χ2v) is 7.61. The minimum Gasteiger partial charge on any atom is -0.748 e. The van der Waals surface area contributed by atoms with Gasteiger partial charge in [-0.25, -0.2) is 13.0 Å². The van der Waals surface area contributed by atoms with Gasteiger partial charge in [-0.3, -0.25) is 0 Å². The molecule has 0 aromatic rings. The summed E-state index contributed by atoms with van der Waals surface area (Å²) >= 11 is 0. The van der Waals surface area contributed by atoms with Gasteiger partial charge in [0.1, 0.15) is 19.4 Å². The molecule has 1 atom stereocenters. The first kappa shape index (κ1) is 21.5. The zero-order chi connectivity index (χ0) is 16.8. The van der Waals surface area contributed by atoms with Crippen molar-refractivity contribution in [3.63, 3.8) is 0 Å². The summed E-state index contributed by atoms with van der Waals surface area (Å²) in [7, 11) is -2.25. The van der Waals surface area contributed by atoms with E-state index in [1.807, 2.05) is 17.8 Å². The molecule has 0 aliphatic carbocycles. The fourth-order valence-corrected chi connectivity index (χ4v) is 2.93. The van der Waals surface area contributed by atoms with Crippen LogP contribution in [0.15, 0.2) is 0 Å². The number of hydrogen-bond donors (Lipinski definition) is 1. The van der Waals surface area contributed by atoms with Crippen LogP contribution in [0.4, 0.5) is 0 Å². The first-order valence-electron chi connectivity index (χ1n) is 8.50. The minimum atomic E-state index is -4.11. The molecule has 0 aliphatic rings. The molecule has 5 nitrogen and oxygen atoms in total. The minimum absolute atomic E-state index is 0. The highest BCUT2D eigenvalue weighted by Crippen LogP contribution is 2.09. The number of unbranched alkanes of at least 4 members (excludes halogenated alkanes) is 7. The molecule has 0 saturated carbocycles. The lowest BCUT2D eigenvalue weighted by Gasteiger charge is -2.08. The Bertz CT molecular complexity index is 399. The lowest BCUT2D eigenvalue weighted by atomic mass is 10.1. The highest BCUT2D eigenvalue weighted by molar-refractivity contribution is 7.85. The third kappa shape index (κ3) is 15.9. The second kappa shape index (κ2) is 13.0. The van der Waals surface area contributed by atoms with Crippen LogP contribution >= 0.6 is 0 Å². The van der Waals surface area contributed by atoms with Crippen molar-refractivity contribution < 1.29 is 24.1 Å². The average Bonchev–Trinajstić information content (AvgIpc) is 2.41. The van der Waals surface area contributed by atoms with Gasteiger partial charge in [-0.2, -0.15) is 0 Å². The van der Waals surface area contributed by atoms with E-state index >= 15 is 0 Å². The van der Waals surface area contributed by atoms with Gasteiger partial charge in [-0.05, 0) is 12.8 Å². The van der Waals surface area contributed by atoms with Crippen molar-refractivity contribution in [1.82, 2.24) is 0 Å². The van der Waals surface area contributed by atoms with E-state index in [1.54, 1.807) is 0 Å². The Balaban J connectivity index is 0. The van der Waals surface area contributed by atoms with Crippen molar-refractivity contribution in [2.45, 2.75) is 77.2 Å². The van der Waals surface area contributed by atoms with Crippen LogP contribution in [0.5, 0.6) is 0 Å². The fraction of sp³-hybridized carbons (Fsp3) is 0.938. The highest BCUT2D eigenvalue weighted by atomic mass is 32.2. The van der Waals surface area contributed by atoms with Gasteiger partial charge in [-0.1, -0.05) is 51.9 Å². The molecule has 0 aromatic carbocycles. The maximum atomic E-state index is 10.5. The van der Waals surface area contributed by atoms with E-state index in [9.17, 15) is 18.1 Å². The Labute approximate surface area is 137 Å². The maximum Gasteiger partial charge on any atom is 0.167 e. The lowest BCUT2D eigenvalue weighted by Crippen LogP contribution is -2.22. The van der Waals surface area contributed by atoms with Crippen molar-refractivity contribution in [3.05, 3.63) is 0 Å². The maximum absolute atomic E-state index is 10.5. The molecule has 0 aromatic heterocycles. The summed E-state index contributed by atoms with van der Waals surface area (Å²) in [4.78, 5) is 0. The van der Waals surface area contributed by atoms with Crippen molar-refractivity contribution in [2.24, 2.45) is 0 Å². The molecule has 0 heterocycles. The van der Waals surface area contributed by atoms with E-state index < -0.39 is 10.1 Å². The van der Waals surface area contributed by atoms with Crippen molar-refractivity contribution in [1.29, 1.82) is 0 Å². The normalized spacial score (nSPS) is 14.3. The smallest absolute Gasteiger partial charge is 0.167 e. The molecular formula is C16H35NO4S. The number of aliphatic hydroxyl groups is 1. The van der Waals surface area contributed by atoms with Crippen LogP contribution in [0.25, 0.3) is 0 Å². The summed E-state index contributed by atoms with van der Waals surface area (Å²) in [5, 5.41) is 9.94. The standard InChI is InChI=1S/C16H33NO4S.H2/c1-3-4-5-6-7-8-9-12-16(18)15-17(2)13-10-11-14-22(19,20)21;/h13,16,18H,3-12,14-15H2,1-2H3;1H. The number of rotatable bonds is 14. The first-order valence-corrected chi connectivity index (χ1v) is 10.1. The highest BCUT2D eigenvalue weighted by Gasteiger charge is 2.09. The molecule has 0 bridgehead atoms. The summed E-state index contributed by atoms with van der Waals surface area (Å²) in [6.07, 6.45) is 11.9. The number of likely N-dealkylation sites (N-methyl/N-ethyl adjacent to an activating group) is 1. The van der Waals surface area contributed by atoms with Crippen LogP contribution in [0.1, 0.15) is 72.6 Å². The molecule has 0 spiro atoms. The third-order valence-corrected chi connectivity index (χ3v) is 4.47. The molecule has 6 heteroatoms. The van der Waals surface area contributed by atoms with Gasteiger partial charge in [0.15, 0.2) is 6.54 Å². The van der Waals surface area contributed by atoms with Gasteiger partial charge in [0, 0.05) is 13.6 Å². The SMILES string of the molecule is CCCCCCCCCC(O)C[N+](C)=CCCCS(=O)(=O)[O-].[HH]. The Morgan fingerprint density at radius 1 is 1.14 bits per heavy atom. The topological polar surface area (TPSA) is 80.4 Å². The van der Waals surface area contributed by atoms with Gasteiger partial charge < -0.3 is 9.66 Å². The van der Waals surface area contributed by atoms with E-state index in [0.29, 0.717) is 19.4 Å². The Morgan fingerprint density at radius 3 is 2.32 bits per heavy atom. The van der Waals surface area contributed by atoms with E-state index in [0.717, 1.165) is 12.8 Å². The lowest BCUT2D eigenvalue weighted by molar-refractivity contribution is -0.503. The molecule has 0 aliphatic heterocycles. The molecule has 0 rings (SSSR count). The van der Waals surface area contributed by atoms with Gasteiger partial charge in [0.25, 0.3) is 0 Å².